The number of aryl methyl sites for hydroxylation is 1. The number of carbonyl (C=O) groups is 1. The van der Waals surface area contributed by atoms with Gasteiger partial charge < -0.3 is 9.84 Å². The molecule has 80 valence electrons. The van der Waals surface area contributed by atoms with Crippen molar-refractivity contribution < 1.29 is 19.0 Å². The average Bonchev–Trinajstić information content (AvgIpc) is 2.17. The summed E-state index contributed by atoms with van der Waals surface area (Å²) in [7, 11) is 0. The van der Waals surface area contributed by atoms with Gasteiger partial charge in [0.15, 0.2) is 0 Å². The van der Waals surface area contributed by atoms with E-state index < -0.39 is 5.97 Å². The molecular formula is C11H11FO3. The zero-order chi connectivity index (χ0) is 10.8. The molecule has 2 rings (SSSR count). The molecule has 1 aromatic carbocycles. The van der Waals surface area contributed by atoms with Crippen LogP contribution in [0.5, 0.6) is 5.75 Å². The predicted octanol–water partition coefficient (Wildman–Crippen LogP) is 1.99. The van der Waals surface area contributed by atoms with Crippen molar-refractivity contribution in [2.45, 2.75) is 25.4 Å². The monoisotopic (exact) mass is 210 g/mol. The highest BCUT2D eigenvalue weighted by Crippen LogP contribution is 2.29. The fourth-order valence-corrected chi connectivity index (χ4v) is 1.75. The van der Waals surface area contributed by atoms with Crippen molar-refractivity contribution in [3.05, 3.63) is 29.6 Å². The Morgan fingerprint density at radius 2 is 2.40 bits per heavy atom. The van der Waals surface area contributed by atoms with Gasteiger partial charge in [-0.25, -0.2) is 4.39 Å². The number of carboxylic acid groups (broad SMARTS) is 1. The Balaban J connectivity index is 2.13. The fraction of sp³-hybridized carbons (Fsp3) is 0.364. The summed E-state index contributed by atoms with van der Waals surface area (Å²) in [5, 5.41) is 8.62. The molecule has 0 bridgehead atoms. The third kappa shape index (κ3) is 2.26. The summed E-state index contributed by atoms with van der Waals surface area (Å²) in [5.41, 5.74) is 0.816. The minimum absolute atomic E-state index is 0.00316. The summed E-state index contributed by atoms with van der Waals surface area (Å²) >= 11 is 0. The van der Waals surface area contributed by atoms with Gasteiger partial charge in [0, 0.05) is 0 Å². The smallest absolute Gasteiger partial charge is 0.307 e. The molecule has 1 unspecified atom stereocenters. The molecule has 1 aromatic rings. The molecule has 0 aromatic heterocycles. The van der Waals surface area contributed by atoms with Gasteiger partial charge in [-0.05, 0) is 36.6 Å². The van der Waals surface area contributed by atoms with Gasteiger partial charge in [0.2, 0.25) is 0 Å². The predicted molar refractivity (Wildman–Crippen MR) is 51.4 cm³/mol. The number of ether oxygens (including phenoxy) is 1. The van der Waals surface area contributed by atoms with Crippen LogP contribution in [0, 0.1) is 5.82 Å². The van der Waals surface area contributed by atoms with Gasteiger partial charge in [-0.15, -0.1) is 0 Å². The van der Waals surface area contributed by atoms with Crippen LogP contribution in [0.2, 0.25) is 0 Å². The molecule has 1 aliphatic rings. The van der Waals surface area contributed by atoms with Crippen molar-refractivity contribution in [3.63, 3.8) is 0 Å². The van der Waals surface area contributed by atoms with E-state index >= 15 is 0 Å². The topological polar surface area (TPSA) is 46.5 Å². The van der Waals surface area contributed by atoms with Gasteiger partial charge in [0.25, 0.3) is 0 Å². The first-order valence-electron chi connectivity index (χ1n) is 4.82. The highest BCUT2D eigenvalue weighted by atomic mass is 19.1. The number of aliphatic carboxylic acids is 1. The van der Waals surface area contributed by atoms with E-state index in [1.165, 1.54) is 12.1 Å². The Morgan fingerprint density at radius 3 is 3.13 bits per heavy atom. The first-order valence-corrected chi connectivity index (χ1v) is 4.82. The van der Waals surface area contributed by atoms with Gasteiger partial charge in [0.05, 0.1) is 6.42 Å². The summed E-state index contributed by atoms with van der Waals surface area (Å²) < 4.78 is 18.3. The summed E-state index contributed by atoms with van der Waals surface area (Å²) in [4.78, 5) is 10.5. The number of benzene rings is 1. The Morgan fingerprint density at radius 1 is 1.60 bits per heavy atom. The standard InChI is InChI=1S/C11H11FO3/c12-8-2-4-10-7(5-8)1-3-9(15-10)6-11(13)14/h2,4-5,9H,1,3,6H2,(H,13,14). The molecule has 0 radical (unpaired) electrons. The van der Waals surface area contributed by atoms with E-state index in [0.29, 0.717) is 18.6 Å². The van der Waals surface area contributed by atoms with Crippen molar-refractivity contribution in [1.29, 1.82) is 0 Å². The molecule has 0 spiro atoms. The van der Waals surface area contributed by atoms with Crippen LogP contribution in [0.25, 0.3) is 0 Å². The van der Waals surface area contributed by atoms with Crippen LogP contribution in [-0.2, 0) is 11.2 Å². The lowest BCUT2D eigenvalue weighted by Crippen LogP contribution is -2.25. The first kappa shape index (κ1) is 9.96. The number of hydrogen-bond donors (Lipinski definition) is 1. The molecule has 0 aliphatic carbocycles. The van der Waals surface area contributed by atoms with Gasteiger partial charge in [-0.2, -0.15) is 0 Å². The SMILES string of the molecule is O=C(O)CC1CCc2cc(F)ccc2O1. The molecule has 15 heavy (non-hydrogen) atoms. The molecule has 1 heterocycles. The second-order valence-corrected chi connectivity index (χ2v) is 3.63. The Hall–Kier alpha value is -1.58. The van der Waals surface area contributed by atoms with Gasteiger partial charge in [-0.3, -0.25) is 4.79 Å². The summed E-state index contributed by atoms with van der Waals surface area (Å²) in [6, 6.07) is 4.31. The molecule has 0 amide bonds. The van der Waals surface area contributed by atoms with E-state index in [9.17, 15) is 9.18 Å². The van der Waals surface area contributed by atoms with Gasteiger partial charge in [-0.1, -0.05) is 0 Å². The molecule has 0 fully saturated rings. The van der Waals surface area contributed by atoms with Crippen LogP contribution in [0.3, 0.4) is 0 Å². The van der Waals surface area contributed by atoms with E-state index in [-0.39, 0.29) is 18.3 Å². The Bertz CT molecular complexity index is 389. The van der Waals surface area contributed by atoms with Crippen molar-refractivity contribution in [1.82, 2.24) is 0 Å². The molecule has 1 N–H and O–H groups in total. The molecule has 0 saturated heterocycles. The maximum Gasteiger partial charge on any atom is 0.307 e. The lowest BCUT2D eigenvalue weighted by molar-refractivity contribution is -0.139. The van der Waals surface area contributed by atoms with Crippen molar-refractivity contribution in [3.8, 4) is 5.75 Å². The summed E-state index contributed by atoms with van der Waals surface area (Å²) in [5.74, 6) is -0.548. The van der Waals surface area contributed by atoms with Crippen LogP contribution in [0.1, 0.15) is 18.4 Å². The van der Waals surface area contributed by atoms with E-state index in [1.54, 1.807) is 6.07 Å². The lowest BCUT2D eigenvalue weighted by atomic mass is 10.0. The maximum atomic E-state index is 12.9. The number of rotatable bonds is 2. The highest BCUT2D eigenvalue weighted by molar-refractivity contribution is 5.67. The van der Waals surface area contributed by atoms with Crippen LogP contribution >= 0.6 is 0 Å². The third-order valence-corrected chi connectivity index (χ3v) is 2.45. The minimum atomic E-state index is -0.870. The Kier molecular flexibility index (Phi) is 2.58. The summed E-state index contributed by atoms with van der Waals surface area (Å²) in [6.07, 6.45) is 1.01. The van der Waals surface area contributed by atoms with E-state index in [1.807, 2.05) is 0 Å². The molecule has 3 nitrogen and oxygen atoms in total. The zero-order valence-electron chi connectivity index (χ0n) is 8.07. The molecule has 0 saturated carbocycles. The van der Waals surface area contributed by atoms with Gasteiger partial charge in [0.1, 0.15) is 17.7 Å². The number of fused-ring (bicyclic) bond motifs is 1. The van der Waals surface area contributed by atoms with Crippen LogP contribution in [0.15, 0.2) is 18.2 Å². The number of carboxylic acids is 1. The molecule has 1 aliphatic heterocycles. The molecule has 1 atom stereocenters. The third-order valence-electron chi connectivity index (χ3n) is 2.45. The van der Waals surface area contributed by atoms with Crippen molar-refractivity contribution in [2.24, 2.45) is 0 Å². The molecular weight excluding hydrogens is 199 g/mol. The maximum absolute atomic E-state index is 12.9. The van der Waals surface area contributed by atoms with Crippen LogP contribution < -0.4 is 4.74 Å². The normalized spacial score (nSPS) is 19.1. The van der Waals surface area contributed by atoms with Crippen molar-refractivity contribution in [2.75, 3.05) is 0 Å². The van der Waals surface area contributed by atoms with Crippen molar-refractivity contribution >= 4 is 5.97 Å². The number of hydrogen-bond acceptors (Lipinski definition) is 2. The van der Waals surface area contributed by atoms with Gasteiger partial charge >= 0.3 is 5.97 Å². The zero-order valence-corrected chi connectivity index (χ0v) is 8.07. The van der Waals surface area contributed by atoms with E-state index in [4.69, 9.17) is 9.84 Å². The van der Waals surface area contributed by atoms with Crippen LogP contribution in [-0.4, -0.2) is 17.2 Å². The minimum Gasteiger partial charge on any atom is -0.490 e. The second-order valence-electron chi connectivity index (χ2n) is 3.63. The van der Waals surface area contributed by atoms with E-state index in [2.05, 4.69) is 0 Å². The Labute approximate surface area is 86.5 Å². The molecule has 4 heteroatoms. The van der Waals surface area contributed by atoms with E-state index in [0.717, 1.165) is 5.56 Å². The fourth-order valence-electron chi connectivity index (χ4n) is 1.75. The first-order chi connectivity index (χ1) is 7.15. The number of halogens is 1. The van der Waals surface area contributed by atoms with Crippen LogP contribution in [0.4, 0.5) is 4.39 Å². The average molecular weight is 210 g/mol. The highest BCUT2D eigenvalue weighted by Gasteiger charge is 2.22. The quantitative estimate of drug-likeness (QED) is 0.812. The largest absolute Gasteiger partial charge is 0.490 e. The summed E-state index contributed by atoms with van der Waals surface area (Å²) in [6.45, 7) is 0. The lowest BCUT2D eigenvalue weighted by Gasteiger charge is -2.24. The second kappa shape index (κ2) is 3.88.